The van der Waals surface area contributed by atoms with Crippen molar-refractivity contribution in [2.75, 3.05) is 20.6 Å². The second kappa shape index (κ2) is 2.39. The summed E-state index contributed by atoms with van der Waals surface area (Å²) < 4.78 is 2.04. The smallest absolute Gasteiger partial charge is 0.247 e. The van der Waals surface area contributed by atoms with Crippen molar-refractivity contribution >= 4 is 5.84 Å². The molecule has 0 amide bonds. The number of amidine groups is 1. The van der Waals surface area contributed by atoms with Crippen LogP contribution in [0.3, 0.4) is 0 Å². The van der Waals surface area contributed by atoms with Gasteiger partial charge in [0.05, 0.1) is 14.0 Å². The molecular formula is C7H13N3+2. The largest absolute Gasteiger partial charge is 0.334 e. The lowest BCUT2D eigenvalue weighted by molar-refractivity contribution is -0.779. The molecule has 0 radical (unpaired) electrons. The van der Waals surface area contributed by atoms with E-state index in [1.807, 2.05) is 11.6 Å². The molecule has 0 saturated carbocycles. The number of likely N-dealkylation sites (N-methyl/N-ethyl adjacent to an activating group) is 2. The molecule has 1 rings (SSSR count). The van der Waals surface area contributed by atoms with Gasteiger partial charge < -0.3 is 0 Å². The number of hydrogen-bond acceptors (Lipinski definition) is 1. The lowest BCUT2D eigenvalue weighted by Gasteiger charge is -1.95. The molecule has 0 saturated heterocycles. The molecule has 1 aliphatic rings. The SMILES string of the molecule is CC1=[N+](C)C(C#N)C[NH+]1C. The van der Waals surface area contributed by atoms with Crippen LogP contribution >= 0.6 is 0 Å². The second-order valence-electron chi connectivity index (χ2n) is 2.83. The fourth-order valence-corrected chi connectivity index (χ4v) is 1.24. The van der Waals surface area contributed by atoms with Crippen molar-refractivity contribution in [3.8, 4) is 6.07 Å². The van der Waals surface area contributed by atoms with Crippen molar-refractivity contribution in [2.45, 2.75) is 13.0 Å². The zero-order valence-corrected chi connectivity index (χ0v) is 6.68. The number of hydrogen-bond donors (Lipinski definition) is 1. The van der Waals surface area contributed by atoms with Crippen LogP contribution in [0.15, 0.2) is 0 Å². The first kappa shape index (κ1) is 7.23. The summed E-state index contributed by atoms with van der Waals surface area (Å²) in [6.45, 7) is 2.98. The third-order valence-electron chi connectivity index (χ3n) is 2.26. The molecule has 54 valence electrons. The normalized spacial score (nSPS) is 32.6. The Bertz CT molecular complexity index is 211. The van der Waals surface area contributed by atoms with Gasteiger partial charge in [0.15, 0.2) is 6.54 Å². The molecule has 0 bridgehead atoms. The first-order valence-corrected chi connectivity index (χ1v) is 3.45. The van der Waals surface area contributed by atoms with Crippen LogP contribution in [0.25, 0.3) is 0 Å². The Morgan fingerprint density at radius 2 is 2.40 bits per heavy atom. The molecule has 1 aliphatic heterocycles. The van der Waals surface area contributed by atoms with Gasteiger partial charge in [-0.15, -0.1) is 0 Å². The quantitative estimate of drug-likeness (QED) is 0.405. The van der Waals surface area contributed by atoms with E-state index in [0.717, 1.165) is 6.54 Å². The highest BCUT2D eigenvalue weighted by atomic mass is 15.3. The third-order valence-corrected chi connectivity index (χ3v) is 2.26. The van der Waals surface area contributed by atoms with Crippen molar-refractivity contribution in [3.05, 3.63) is 0 Å². The average molecular weight is 139 g/mol. The molecule has 0 aromatic rings. The van der Waals surface area contributed by atoms with Gasteiger partial charge in [0.2, 0.25) is 0 Å². The van der Waals surface area contributed by atoms with Crippen LogP contribution in [-0.2, 0) is 0 Å². The summed E-state index contributed by atoms with van der Waals surface area (Å²) in [7, 11) is 4.06. The molecule has 0 spiro atoms. The van der Waals surface area contributed by atoms with Gasteiger partial charge in [-0.3, -0.25) is 0 Å². The summed E-state index contributed by atoms with van der Waals surface area (Å²) in [6, 6.07) is 2.34. The first-order chi connectivity index (χ1) is 4.66. The van der Waals surface area contributed by atoms with Crippen molar-refractivity contribution in [1.82, 2.24) is 0 Å². The standard InChI is InChI=1S/C7H12N3/c1-6-9(2)5-7(4-8)10(6)3/h7H,5H2,1-3H3/q+1/p+1. The molecule has 0 aromatic carbocycles. The second-order valence-corrected chi connectivity index (χ2v) is 2.83. The van der Waals surface area contributed by atoms with E-state index in [2.05, 4.69) is 20.0 Å². The van der Waals surface area contributed by atoms with E-state index in [9.17, 15) is 0 Å². The molecule has 3 heteroatoms. The molecule has 10 heavy (non-hydrogen) atoms. The molecule has 1 N–H and O–H groups in total. The number of nitrogens with one attached hydrogen (secondary N) is 1. The lowest BCUT2D eigenvalue weighted by atomic mass is 10.3. The number of rotatable bonds is 0. The Morgan fingerprint density at radius 1 is 1.80 bits per heavy atom. The van der Waals surface area contributed by atoms with Crippen LogP contribution in [-0.4, -0.2) is 37.1 Å². The fraction of sp³-hybridized carbons (Fsp3) is 0.714. The van der Waals surface area contributed by atoms with Crippen LogP contribution in [0.4, 0.5) is 0 Å². The van der Waals surface area contributed by atoms with Crippen LogP contribution in [0.1, 0.15) is 6.92 Å². The Labute approximate surface area is 61.2 Å². The summed E-state index contributed by atoms with van der Waals surface area (Å²) in [4.78, 5) is 1.34. The van der Waals surface area contributed by atoms with Crippen LogP contribution in [0.5, 0.6) is 0 Å². The minimum atomic E-state index is 0.0833. The Kier molecular flexibility index (Phi) is 1.73. The van der Waals surface area contributed by atoms with Crippen LogP contribution < -0.4 is 4.90 Å². The van der Waals surface area contributed by atoms with Crippen molar-refractivity contribution in [2.24, 2.45) is 0 Å². The number of nitrogens with zero attached hydrogens (tertiary/aromatic N) is 2. The van der Waals surface area contributed by atoms with E-state index in [-0.39, 0.29) is 6.04 Å². The van der Waals surface area contributed by atoms with E-state index in [0.29, 0.717) is 0 Å². The zero-order chi connectivity index (χ0) is 7.72. The molecule has 2 unspecified atom stereocenters. The average Bonchev–Trinajstić information content (AvgIpc) is 2.17. The van der Waals surface area contributed by atoms with Crippen LogP contribution in [0, 0.1) is 11.3 Å². The van der Waals surface area contributed by atoms with E-state index >= 15 is 0 Å². The summed E-state index contributed by atoms with van der Waals surface area (Å²) in [5.41, 5.74) is 0. The maximum absolute atomic E-state index is 8.65. The van der Waals surface area contributed by atoms with Crippen molar-refractivity contribution in [1.29, 1.82) is 5.26 Å². The van der Waals surface area contributed by atoms with Gasteiger partial charge in [-0.2, -0.15) is 9.84 Å². The molecular weight excluding hydrogens is 126 g/mol. The monoisotopic (exact) mass is 139 g/mol. The number of quaternary nitrogens is 1. The predicted octanol–water partition coefficient (Wildman–Crippen LogP) is -1.53. The molecule has 2 atom stereocenters. The molecule has 0 fully saturated rings. The maximum Gasteiger partial charge on any atom is 0.334 e. The number of nitriles is 1. The topological polar surface area (TPSA) is 31.2 Å². The Balaban J connectivity index is 2.86. The Hall–Kier alpha value is -0.880. The third kappa shape index (κ3) is 0.910. The van der Waals surface area contributed by atoms with Gasteiger partial charge >= 0.3 is 5.84 Å². The molecule has 3 nitrogen and oxygen atoms in total. The maximum atomic E-state index is 8.65. The van der Waals surface area contributed by atoms with Crippen molar-refractivity contribution < 1.29 is 9.48 Å². The highest BCUT2D eigenvalue weighted by molar-refractivity contribution is 5.65. The van der Waals surface area contributed by atoms with Gasteiger partial charge in [0, 0.05) is 0 Å². The molecule has 1 heterocycles. The molecule has 0 aliphatic carbocycles. The van der Waals surface area contributed by atoms with E-state index < -0.39 is 0 Å². The summed E-state index contributed by atoms with van der Waals surface area (Å²) >= 11 is 0. The fourth-order valence-electron chi connectivity index (χ4n) is 1.24. The Morgan fingerprint density at radius 3 is 2.60 bits per heavy atom. The minimum absolute atomic E-state index is 0.0833. The van der Waals surface area contributed by atoms with E-state index in [1.54, 1.807) is 0 Å². The highest BCUT2D eigenvalue weighted by Crippen LogP contribution is 1.88. The summed E-state index contributed by atoms with van der Waals surface area (Å²) in [5, 5.41) is 8.65. The van der Waals surface area contributed by atoms with Crippen molar-refractivity contribution in [3.63, 3.8) is 0 Å². The summed E-state index contributed by atoms with van der Waals surface area (Å²) in [6.07, 6.45) is 0. The summed E-state index contributed by atoms with van der Waals surface area (Å²) in [5.74, 6) is 1.26. The van der Waals surface area contributed by atoms with Gasteiger partial charge in [-0.25, -0.2) is 4.90 Å². The minimum Gasteiger partial charge on any atom is -0.247 e. The van der Waals surface area contributed by atoms with Crippen LogP contribution in [0.2, 0.25) is 0 Å². The zero-order valence-electron chi connectivity index (χ0n) is 6.68. The van der Waals surface area contributed by atoms with Gasteiger partial charge in [-0.05, 0) is 0 Å². The van der Waals surface area contributed by atoms with Gasteiger partial charge in [0.25, 0.3) is 6.04 Å². The van der Waals surface area contributed by atoms with E-state index in [4.69, 9.17) is 5.26 Å². The predicted molar refractivity (Wildman–Crippen MR) is 38.0 cm³/mol. The van der Waals surface area contributed by atoms with Gasteiger partial charge in [0.1, 0.15) is 13.1 Å². The van der Waals surface area contributed by atoms with Gasteiger partial charge in [-0.1, -0.05) is 0 Å². The lowest BCUT2D eigenvalue weighted by Crippen LogP contribution is -3.10. The molecule has 0 aromatic heterocycles. The van der Waals surface area contributed by atoms with E-state index in [1.165, 1.54) is 10.7 Å². The first-order valence-electron chi connectivity index (χ1n) is 3.45. The highest BCUT2D eigenvalue weighted by Gasteiger charge is 2.35.